The zero-order chi connectivity index (χ0) is 17.7. The maximum atomic E-state index is 12.7. The first-order valence-corrected chi connectivity index (χ1v) is 8.66. The van der Waals surface area contributed by atoms with Gasteiger partial charge in [-0.05, 0) is 43.2 Å². The highest BCUT2D eigenvalue weighted by Crippen LogP contribution is 2.35. The number of β-amino-alcohol motifs (C(OH)–C–C–N with tert-alkyl or cyclic N) is 1. The van der Waals surface area contributed by atoms with E-state index in [1.807, 2.05) is 0 Å². The summed E-state index contributed by atoms with van der Waals surface area (Å²) in [6, 6.07) is 4.20. The molecule has 8 nitrogen and oxygen atoms in total. The number of carboxylic acid groups (broad SMARTS) is 1. The predicted molar refractivity (Wildman–Crippen MR) is 84.1 cm³/mol. The SMILES string of the molecule is Cc1cc(S(=O)(=O)N2CC(O)(c3ccn[nH]3)C2)cc(C(=O)O)c1C. The zero-order valence-corrected chi connectivity index (χ0v) is 14.0. The number of aryl methyl sites for hydroxylation is 1. The summed E-state index contributed by atoms with van der Waals surface area (Å²) in [5.74, 6) is -1.18. The Kier molecular flexibility index (Phi) is 3.74. The molecule has 24 heavy (non-hydrogen) atoms. The third-order valence-electron chi connectivity index (χ3n) is 4.39. The van der Waals surface area contributed by atoms with Gasteiger partial charge in [0.2, 0.25) is 10.0 Å². The normalized spacial score (nSPS) is 17.5. The largest absolute Gasteiger partial charge is 0.478 e. The molecule has 3 rings (SSSR count). The molecule has 2 aromatic rings. The highest BCUT2D eigenvalue weighted by atomic mass is 32.2. The lowest BCUT2D eigenvalue weighted by molar-refractivity contribution is -0.0682. The molecular formula is C15H17N3O5S. The van der Waals surface area contributed by atoms with Crippen LogP contribution in [-0.4, -0.2) is 52.2 Å². The Balaban J connectivity index is 1.92. The van der Waals surface area contributed by atoms with Crippen molar-refractivity contribution < 1.29 is 23.4 Å². The van der Waals surface area contributed by atoms with Crippen LogP contribution < -0.4 is 0 Å². The quantitative estimate of drug-likeness (QED) is 0.742. The predicted octanol–water partition coefficient (Wildman–Crippen LogP) is 0.617. The second-order valence-electron chi connectivity index (χ2n) is 5.99. The molecule has 0 amide bonds. The summed E-state index contributed by atoms with van der Waals surface area (Å²) in [5.41, 5.74) is 0.203. The Morgan fingerprint density at radius 1 is 1.33 bits per heavy atom. The van der Waals surface area contributed by atoms with Gasteiger partial charge in [0.05, 0.1) is 16.2 Å². The van der Waals surface area contributed by atoms with E-state index < -0.39 is 21.6 Å². The van der Waals surface area contributed by atoms with Crippen molar-refractivity contribution in [2.45, 2.75) is 24.3 Å². The molecule has 0 aliphatic carbocycles. The van der Waals surface area contributed by atoms with E-state index in [-0.39, 0.29) is 23.5 Å². The van der Waals surface area contributed by atoms with Crippen molar-refractivity contribution in [1.82, 2.24) is 14.5 Å². The van der Waals surface area contributed by atoms with Gasteiger partial charge in [-0.25, -0.2) is 13.2 Å². The number of aromatic carboxylic acids is 1. The Morgan fingerprint density at radius 2 is 2.00 bits per heavy atom. The van der Waals surface area contributed by atoms with Gasteiger partial charge < -0.3 is 10.2 Å². The molecule has 1 aliphatic rings. The molecule has 1 saturated heterocycles. The lowest BCUT2D eigenvalue weighted by Gasteiger charge is -2.44. The second kappa shape index (κ2) is 5.40. The highest BCUT2D eigenvalue weighted by molar-refractivity contribution is 7.89. The highest BCUT2D eigenvalue weighted by Gasteiger charge is 2.49. The number of sulfonamides is 1. The molecule has 1 aliphatic heterocycles. The van der Waals surface area contributed by atoms with Gasteiger partial charge in [-0.3, -0.25) is 5.10 Å². The van der Waals surface area contributed by atoms with Crippen molar-refractivity contribution in [3.8, 4) is 0 Å². The fourth-order valence-electron chi connectivity index (χ4n) is 2.74. The van der Waals surface area contributed by atoms with Crippen LogP contribution in [0.2, 0.25) is 0 Å². The van der Waals surface area contributed by atoms with Gasteiger partial charge in [-0.15, -0.1) is 0 Å². The first-order valence-electron chi connectivity index (χ1n) is 7.22. The minimum atomic E-state index is -3.88. The van der Waals surface area contributed by atoms with Crippen LogP contribution >= 0.6 is 0 Å². The van der Waals surface area contributed by atoms with E-state index in [2.05, 4.69) is 10.2 Å². The van der Waals surface area contributed by atoms with Gasteiger partial charge in [0, 0.05) is 19.3 Å². The van der Waals surface area contributed by atoms with E-state index >= 15 is 0 Å². The minimum Gasteiger partial charge on any atom is -0.478 e. The molecule has 0 radical (unpaired) electrons. The van der Waals surface area contributed by atoms with Gasteiger partial charge >= 0.3 is 5.97 Å². The van der Waals surface area contributed by atoms with Gasteiger partial charge in [0.25, 0.3) is 0 Å². The number of carbonyl (C=O) groups is 1. The average Bonchev–Trinajstić information content (AvgIpc) is 3.00. The number of hydrogen-bond donors (Lipinski definition) is 3. The summed E-state index contributed by atoms with van der Waals surface area (Å²) in [6.45, 7) is 3.06. The molecule has 9 heteroatoms. The van der Waals surface area contributed by atoms with E-state index in [0.717, 1.165) is 10.4 Å². The Hall–Kier alpha value is -2.23. The van der Waals surface area contributed by atoms with Crippen LogP contribution in [-0.2, 0) is 15.6 Å². The molecule has 0 bridgehead atoms. The molecule has 1 aromatic heterocycles. The molecule has 1 aromatic carbocycles. The van der Waals surface area contributed by atoms with E-state index in [1.54, 1.807) is 19.9 Å². The fourth-order valence-corrected chi connectivity index (χ4v) is 4.40. The Bertz CT molecular complexity index is 899. The average molecular weight is 351 g/mol. The van der Waals surface area contributed by atoms with Gasteiger partial charge in [-0.2, -0.15) is 9.40 Å². The van der Waals surface area contributed by atoms with Crippen molar-refractivity contribution in [3.05, 3.63) is 46.8 Å². The van der Waals surface area contributed by atoms with E-state index in [1.165, 1.54) is 12.3 Å². The van der Waals surface area contributed by atoms with Crippen LogP contribution in [0.1, 0.15) is 27.2 Å². The molecule has 0 saturated carbocycles. The van der Waals surface area contributed by atoms with Crippen LogP contribution in [0.25, 0.3) is 0 Å². The first-order chi connectivity index (χ1) is 11.1. The zero-order valence-electron chi connectivity index (χ0n) is 13.1. The summed E-state index contributed by atoms with van der Waals surface area (Å²) in [5, 5.41) is 26.0. The lowest BCUT2D eigenvalue weighted by atomic mass is 9.93. The molecule has 2 heterocycles. The third-order valence-corrected chi connectivity index (χ3v) is 6.16. The van der Waals surface area contributed by atoms with Gasteiger partial charge in [0.1, 0.15) is 5.60 Å². The number of hydrogen-bond acceptors (Lipinski definition) is 5. The number of aliphatic hydroxyl groups is 1. The van der Waals surface area contributed by atoms with Crippen LogP contribution in [0, 0.1) is 13.8 Å². The van der Waals surface area contributed by atoms with E-state index in [4.69, 9.17) is 0 Å². The monoisotopic (exact) mass is 351 g/mol. The summed E-state index contributed by atoms with van der Waals surface area (Å²) in [7, 11) is -3.88. The summed E-state index contributed by atoms with van der Waals surface area (Å²) in [4.78, 5) is 11.2. The fraction of sp³-hybridized carbons (Fsp3) is 0.333. The van der Waals surface area contributed by atoms with Crippen molar-refractivity contribution in [2.24, 2.45) is 0 Å². The summed E-state index contributed by atoms with van der Waals surface area (Å²) >= 11 is 0. The number of nitrogens with zero attached hydrogens (tertiary/aromatic N) is 2. The van der Waals surface area contributed by atoms with Crippen molar-refractivity contribution >= 4 is 16.0 Å². The molecule has 3 N–H and O–H groups in total. The van der Waals surface area contributed by atoms with Crippen LogP contribution in [0.3, 0.4) is 0 Å². The standard InChI is InChI=1S/C15H17N3O5S/c1-9-5-11(6-12(10(9)2)14(19)20)24(22,23)18-7-15(21,8-18)13-3-4-16-17-13/h3-6,21H,7-8H2,1-2H3,(H,16,17)(H,19,20). The van der Waals surface area contributed by atoms with Crippen LogP contribution in [0.4, 0.5) is 0 Å². The topological polar surface area (TPSA) is 124 Å². The summed E-state index contributed by atoms with van der Waals surface area (Å²) < 4.78 is 26.5. The van der Waals surface area contributed by atoms with E-state index in [9.17, 15) is 23.4 Å². The second-order valence-corrected chi connectivity index (χ2v) is 7.93. The molecule has 0 spiro atoms. The lowest BCUT2D eigenvalue weighted by Crippen LogP contribution is -2.61. The smallest absolute Gasteiger partial charge is 0.336 e. The maximum Gasteiger partial charge on any atom is 0.336 e. The van der Waals surface area contributed by atoms with Gasteiger partial charge in [-0.1, -0.05) is 0 Å². The van der Waals surface area contributed by atoms with Crippen LogP contribution in [0.15, 0.2) is 29.3 Å². The Labute approximate surface area is 138 Å². The third kappa shape index (κ3) is 2.50. The number of benzene rings is 1. The first kappa shape index (κ1) is 16.6. The van der Waals surface area contributed by atoms with Crippen molar-refractivity contribution in [3.63, 3.8) is 0 Å². The molecule has 1 fully saturated rings. The molecule has 0 unspecified atom stereocenters. The van der Waals surface area contributed by atoms with Crippen molar-refractivity contribution in [1.29, 1.82) is 0 Å². The Morgan fingerprint density at radius 3 is 2.54 bits per heavy atom. The van der Waals surface area contributed by atoms with Crippen LogP contribution in [0.5, 0.6) is 0 Å². The molecular weight excluding hydrogens is 334 g/mol. The number of rotatable bonds is 4. The van der Waals surface area contributed by atoms with E-state index in [0.29, 0.717) is 16.8 Å². The molecule has 0 atom stereocenters. The number of carboxylic acids is 1. The number of nitrogens with one attached hydrogen (secondary N) is 1. The summed E-state index contributed by atoms with van der Waals surface area (Å²) in [6.07, 6.45) is 1.48. The number of H-pyrrole nitrogens is 1. The van der Waals surface area contributed by atoms with Gasteiger partial charge in [0.15, 0.2) is 0 Å². The number of aromatic amines is 1. The maximum absolute atomic E-state index is 12.7. The van der Waals surface area contributed by atoms with Crippen molar-refractivity contribution in [2.75, 3.05) is 13.1 Å². The number of aromatic nitrogens is 2. The molecule has 128 valence electrons. The minimum absolute atomic E-state index is 0.0436.